The molecule has 14 heavy (non-hydrogen) atoms. The molecule has 1 rings (SSSR count). The van der Waals surface area contributed by atoms with Crippen LogP contribution >= 0.6 is 0 Å². The summed E-state index contributed by atoms with van der Waals surface area (Å²) in [6.45, 7) is 6.23. The van der Waals surface area contributed by atoms with E-state index in [1.54, 1.807) is 0 Å². The topological polar surface area (TPSA) is 41.5 Å². The minimum Gasteiger partial charge on any atom is -0.386 e. The molecule has 0 bridgehead atoms. The van der Waals surface area contributed by atoms with E-state index in [1.165, 1.54) is 12.8 Å². The van der Waals surface area contributed by atoms with Gasteiger partial charge in [-0.15, -0.1) is 0 Å². The Bertz CT molecular complexity index is 155. The van der Waals surface area contributed by atoms with Crippen LogP contribution in [0.4, 0.5) is 0 Å². The van der Waals surface area contributed by atoms with Crippen LogP contribution < -0.4 is 5.32 Å². The van der Waals surface area contributed by atoms with Crippen LogP contribution in [-0.2, 0) is 4.74 Å². The third-order valence-corrected chi connectivity index (χ3v) is 2.93. The average Bonchev–Trinajstić information content (AvgIpc) is 2.60. The fraction of sp³-hybridized carbons (Fsp3) is 1.00. The van der Waals surface area contributed by atoms with Gasteiger partial charge in [-0.25, -0.2) is 0 Å². The molecule has 84 valence electrons. The van der Waals surface area contributed by atoms with Gasteiger partial charge in [0.15, 0.2) is 0 Å². The summed E-state index contributed by atoms with van der Waals surface area (Å²) in [6, 6.07) is 0.546. The first-order valence-electron chi connectivity index (χ1n) is 5.73. The monoisotopic (exact) mass is 201 g/mol. The van der Waals surface area contributed by atoms with Gasteiger partial charge >= 0.3 is 0 Å². The summed E-state index contributed by atoms with van der Waals surface area (Å²) in [5.41, 5.74) is -0.610. The second kappa shape index (κ2) is 5.69. The summed E-state index contributed by atoms with van der Waals surface area (Å²) in [6.07, 6.45) is 4.28. The Balaban J connectivity index is 2.23. The summed E-state index contributed by atoms with van der Waals surface area (Å²) < 4.78 is 5.20. The molecule has 0 aliphatic carbocycles. The van der Waals surface area contributed by atoms with Crippen LogP contribution in [0.15, 0.2) is 0 Å². The van der Waals surface area contributed by atoms with Gasteiger partial charge in [0, 0.05) is 25.6 Å². The molecule has 0 radical (unpaired) electrons. The van der Waals surface area contributed by atoms with Gasteiger partial charge in [0.2, 0.25) is 0 Å². The van der Waals surface area contributed by atoms with E-state index >= 15 is 0 Å². The van der Waals surface area contributed by atoms with Crippen molar-refractivity contribution >= 4 is 0 Å². The van der Waals surface area contributed by atoms with Gasteiger partial charge in [0.05, 0.1) is 6.61 Å². The molecule has 0 spiro atoms. The van der Waals surface area contributed by atoms with E-state index in [4.69, 9.17) is 4.74 Å². The Morgan fingerprint density at radius 1 is 1.50 bits per heavy atom. The number of hydrogen-bond acceptors (Lipinski definition) is 3. The van der Waals surface area contributed by atoms with Crippen molar-refractivity contribution in [2.75, 3.05) is 19.8 Å². The molecule has 1 heterocycles. The minimum atomic E-state index is -0.610. The lowest BCUT2D eigenvalue weighted by Gasteiger charge is -2.24. The maximum Gasteiger partial charge on any atom is 0.102 e. The highest BCUT2D eigenvalue weighted by molar-refractivity contribution is 4.86. The van der Waals surface area contributed by atoms with Crippen LogP contribution in [0.1, 0.15) is 39.5 Å². The van der Waals surface area contributed by atoms with E-state index in [1.807, 2.05) is 0 Å². The minimum absolute atomic E-state index is 0.489. The first-order valence-corrected chi connectivity index (χ1v) is 5.73. The standard InChI is InChI=1S/C11H23NO2/c1-3-5-10(4-2)12-8-11(13)6-7-14-9-11/h10,12-13H,3-9H2,1-2H3. The van der Waals surface area contributed by atoms with Crippen LogP contribution in [0, 0.1) is 0 Å². The summed E-state index contributed by atoms with van der Waals surface area (Å²) in [5.74, 6) is 0. The second-order valence-electron chi connectivity index (χ2n) is 4.30. The number of nitrogens with one attached hydrogen (secondary N) is 1. The van der Waals surface area contributed by atoms with Gasteiger partial charge < -0.3 is 15.2 Å². The molecule has 2 unspecified atom stereocenters. The number of aliphatic hydroxyl groups is 1. The summed E-state index contributed by atoms with van der Waals surface area (Å²) in [5, 5.41) is 13.4. The quantitative estimate of drug-likeness (QED) is 0.681. The van der Waals surface area contributed by atoms with Gasteiger partial charge in [-0.3, -0.25) is 0 Å². The van der Waals surface area contributed by atoms with Crippen LogP contribution in [0.2, 0.25) is 0 Å². The van der Waals surface area contributed by atoms with E-state index in [0.717, 1.165) is 12.8 Å². The maximum absolute atomic E-state index is 10.0. The molecule has 1 aliphatic rings. The fourth-order valence-corrected chi connectivity index (χ4v) is 1.87. The summed E-state index contributed by atoms with van der Waals surface area (Å²) in [7, 11) is 0. The van der Waals surface area contributed by atoms with E-state index in [0.29, 0.717) is 25.8 Å². The van der Waals surface area contributed by atoms with E-state index in [2.05, 4.69) is 19.2 Å². The molecule has 0 amide bonds. The molecule has 1 aliphatic heterocycles. The van der Waals surface area contributed by atoms with Gasteiger partial charge in [-0.1, -0.05) is 20.3 Å². The predicted molar refractivity (Wildman–Crippen MR) is 57.4 cm³/mol. The van der Waals surface area contributed by atoms with Gasteiger partial charge in [-0.2, -0.15) is 0 Å². The van der Waals surface area contributed by atoms with Crippen LogP contribution in [0.3, 0.4) is 0 Å². The van der Waals surface area contributed by atoms with Crippen LogP contribution in [0.25, 0.3) is 0 Å². The molecule has 0 aromatic heterocycles. The number of rotatable bonds is 6. The van der Waals surface area contributed by atoms with Crippen LogP contribution in [0.5, 0.6) is 0 Å². The molecule has 2 N–H and O–H groups in total. The lowest BCUT2D eigenvalue weighted by atomic mass is 10.0. The molecule has 0 aromatic rings. The van der Waals surface area contributed by atoms with E-state index < -0.39 is 5.60 Å². The SMILES string of the molecule is CCCC(CC)NCC1(O)CCOC1. The van der Waals surface area contributed by atoms with Crippen molar-refractivity contribution in [2.24, 2.45) is 0 Å². The van der Waals surface area contributed by atoms with Crippen molar-refractivity contribution in [3.05, 3.63) is 0 Å². The molecular formula is C11H23NO2. The molecule has 3 nitrogen and oxygen atoms in total. The highest BCUT2D eigenvalue weighted by atomic mass is 16.5. The molecule has 1 fully saturated rings. The normalized spacial score (nSPS) is 29.4. The zero-order chi connectivity index (χ0) is 10.4. The third kappa shape index (κ3) is 3.56. The molecule has 0 saturated carbocycles. The number of hydrogen-bond donors (Lipinski definition) is 2. The first kappa shape index (κ1) is 12.0. The zero-order valence-corrected chi connectivity index (χ0v) is 9.38. The zero-order valence-electron chi connectivity index (χ0n) is 9.38. The lowest BCUT2D eigenvalue weighted by Crippen LogP contribution is -2.44. The van der Waals surface area contributed by atoms with Gasteiger partial charge in [0.25, 0.3) is 0 Å². The highest BCUT2D eigenvalue weighted by Gasteiger charge is 2.32. The summed E-state index contributed by atoms with van der Waals surface area (Å²) >= 11 is 0. The van der Waals surface area contributed by atoms with Crippen molar-refractivity contribution in [3.63, 3.8) is 0 Å². The maximum atomic E-state index is 10.0. The van der Waals surface area contributed by atoms with Crippen molar-refractivity contribution in [3.8, 4) is 0 Å². The van der Waals surface area contributed by atoms with Gasteiger partial charge in [0.1, 0.15) is 5.60 Å². The first-order chi connectivity index (χ1) is 6.70. The Morgan fingerprint density at radius 2 is 2.29 bits per heavy atom. The van der Waals surface area contributed by atoms with Crippen LogP contribution in [-0.4, -0.2) is 36.5 Å². The van der Waals surface area contributed by atoms with E-state index in [-0.39, 0.29) is 0 Å². The Labute approximate surface area is 86.8 Å². The van der Waals surface area contributed by atoms with Crippen molar-refractivity contribution in [1.82, 2.24) is 5.32 Å². The van der Waals surface area contributed by atoms with Crippen molar-refractivity contribution in [1.29, 1.82) is 0 Å². The van der Waals surface area contributed by atoms with E-state index in [9.17, 15) is 5.11 Å². The molecule has 3 heteroatoms. The third-order valence-electron chi connectivity index (χ3n) is 2.93. The average molecular weight is 201 g/mol. The largest absolute Gasteiger partial charge is 0.386 e. The van der Waals surface area contributed by atoms with Crippen molar-refractivity contribution in [2.45, 2.75) is 51.2 Å². The fourth-order valence-electron chi connectivity index (χ4n) is 1.87. The second-order valence-corrected chi connectivity index (χ2v) is 4.30. The Kier molecular flexibility index (Phi) is 4.85. The van der Waals surface area contributed by atoms with Gasteiger partial charge in [-0.05, 0) is 12.8 Å². The van der Waals surface area contributed by atoms with Crippen molar-refractivity contribution < 1.29 is 9.84 Å². The smallest absolute Gasteiger partial charge is 0.102 e. The summed E-state index contributed by atoms with van der Waals surface area (Å²) in [4.78, 5) is 0. The molecule has 0 aromatic carbocycles. The molecule has 1 saturated heterocycles. The Hall–Kier alpha value is -0.120. The Morgan fingerprint density at radius 3 is 2.79 bits per heavy atom. The highest BCUT2D eigenvalue weighted by Crippen LogP contribution is 2.17. The number of ether oxygens (including phenoxy) is 1. The molecule has 2 atom stereocenters. The predicted octanol–water partition coefficient (Wildman–Crippen LogP) is 1.31. The lowest BCUT2D eigenvalue weighted by molar-refractivity contribution is 0.0244. The molecular weight excluding hydrogens is 178 g/mol.